The van der Waals surface area contributed by atoms with Gasteiger partial charge < -0.3 is 9.15 Å². The molecule has 1 atom stereocenters. The van der Waals surface area contributed by atoms with Gasteiger partial charge in [0.1, 0.15) is 5.75 Å². The molecule has 0 aliphatic carbocycles. The van der Waals surface area contributed by atoms with Crippen molar-refractivity contribution >= 4 is 11.3 Å². The van der Waals surface area contributed by atoms with Crippen molar-refractivity contribution in [3.63, 3.8) is 0 Å². The van der Waals surface area contributed by atoms with Crippen molar-refractivity contribution in [1.82, 2.24) is 9.88 Å². The zero-order chi connectivity index (χ0) is 20.8. The lowest BCUT2D eigenvalue weighted by molar-refractivity contribution is 0.172. The molecule has 5 heteroatoms. The highest BCUT2D eigenvalue weighted by Crippen LogP contribution is 2.23. The van der Waals surface area contributed by atoms with Crippen molar-refractivity contribution in [2.75, 3.05) is 7.11 Å². The maximum atomic E-state index is 6.09. The number of thiophene rings is 1. The Morgan fingerprint density at radius 3 is 2.50 bits per heavy atom. The Labute approximate surface area is 181 Å². The molecule has 0 aliphatic heterocycles. The first kappa shape index (κ1) is 20.4. The first-order valence-corrected chi connectivity index (χ1v) is 11.0. The lowest BCUT2D eigenvalue weighted by atomic mass is 10.1. The molecule has 2 heterocycles. The third kappa shape index (κ3) is 5.17. The van der Waals surface area contributed by atoms with E-state index in [1.807, 2.05) is 48.7 Å². The lowest BCUT2D eigenvalue weighted by Gasteiger charge is -2.28. The Morgan fingerprint density at radius 1 is 1.00 bits per heavy atom. The normalized spacial score (nSPS) is 12.2. The Hall–Kier alpha value is -2.89. The van der Waals surface area contributed by atoms with Gasteiger partial charge in [-0.2, -0.15) is 0 Å². The van der Waals surface area contributed by atoms with Crippen LogP contribution in [0.15, 0.2) is 82.7 Å². The molecule has 0 spiro atoms. The van der Waals surface area contributed by atoms with E-state index in [4.69, 9.17) is 9.15 Å². The predicted molar refractivity (Wildman–Crippen MR) is 122 cm³/mol. The van der Waals surface area contributed by atoms with Gasteiger partial charge in [-0.05, 0) is 42.5 Å². The topological polar surface area (TPSA) is 38.5 Å². The molecule has 4 rings (SSSR count). The summed E-state index contributed by atoms with van der Waals surface area (Å²) in [7, 11) is 1.69. The SMILES string of the molecule is COc1ccc(CN(Cc2ncc(-c3ccccc3)o2)C(C)Cc2cccs2)cc1. The van der Waals surface area contributed by atoms with Gasteiger partial charge in [-0.25, -0.2) is 4.98 Å². The Morgan fingerprint density at radius 2 is 1.80 bits per heavy atom. The van der Waals surface area contributed by atoms with Crippen LogP contribution in [0.25, 0.3) is 11.3 Å². The summed E-state index contributed by atoms with van der Waals surface area (Å²) in [6.45, 7) is 3.75. The fraction of sp³-hybridized carbons (Fsp3) is 0.240. The maximum Gasteiger partial charge on any atom is 0.209 e. The van der Waals surface area contributed by atoms with Crippen molar-refractivity contribution < 1.29 is 9.15 Å². The van der Waals surface area contributed by atoms with Crippen LogP contribution in [0, 0.1) is 0 Å². The number of benzene rings is 2. The Balaban J connectivity index is 1.52. The smallest absolute Gasteiger partial charge is 0.209 e. The minimum atomic E-state index is 0.345. The summed E-state index contributed by atoms with van der Waals surface area (Å²) >= 11 is 1.81. The van der Waals surface area contributed by atoms with Crippen molar-refractivity contribution in [2.24, 2.45) is 0 Å². The summed E-state index contributed by atoms with van der Waals surface area (Å²) in [5.74, 6) is 2.42. The van der Waals surface area contributed by atoms with Gasteiger partial charge in [0, 0.05) is 23.0 Å². The van der Waals surface area contributed by atoms with Crippen molar-refractivity contribution in [3.05, 3.63) is 94.6 Å². The number of ether oxygens (including phenoxy) is 1. The molecule has 0 saturated carbocycles. The third-order valence-electron chi connectivity index (χ3n) is 5.19. The first-order valence-electron chi connectivity index (χ1n) is 10.1. The van der Waals surface area contributed by atoms with Crippen LogP contribution in [-0.4, -0.2) is 23.0 Å². The second-order valence-electron chi connectivity index (χ2n) is 7.37. The van der Waals surface area contributed by atoms with E-state index in [2.05, 4.69) is 46.5 Å². The van der Waals surface area contributed by atoms with E-state index >= 15 is 0 Å². The standard InChI is InChI=1S/C25H26N2O2S/c1-19(15-23-9-6-14-30-23)27(17-20-10-12-22(28-2)13-11-20)18-25-26-16-24(29-25)21-7-4-3-5-8-21/h3-14,16,19H,15,17-18H2,1-2H3. The molecule has 0 bridgehead atoms. The average Bonchev–Trinajstić information content (AvgIpc) is 3.47. The summed E-state index contributed by atoms with van der Waals surface area (Å²) in [5.41, 5.74) is 2.29. The largest absolute Gasteiger partial charge is 0.497 e. The second kappa shape index (κ2) is 9.74. The van der Waals surface area contributed by atoms with Gasteiger partial charge in [-0.15, -0.1) is 11.3 Å². The van der Waals surface area contributed by atoms with Crippen LogP contribution in [0.2, 0.25) is 0 Å². The van der Waals surface area contributed by atoms with Crippen LogP contribution in [0.1, 0.15) is 23.3 Å². The quantitative estimate of drug-likeness (QED) is 0.332. The van der Waals surface area contributed by atoms with E-state index in [-0.39, 0.29) is 0 Å². The molecule has 2 aromatic carbocycles. The van der Waals surface area contributed by atoms with E-state index in [9.17, 15) is 0 Å². The molecule has 4 nitrogen and oxygen atoms in total. The monoisotopic (exact) mass is 418 g/mol. The van der Waals surface area contributed by atoms with Crippen LogP contribution < -0.4 is 4.74 Å². The highest BCUT2D eigenvalue weighted by molar-refractivity contribution is 7.09. The van der Waals surface area contributed by atoms with Gasteiger partial charge in [0.05, 0.1) is 19.9 Å². The molecule has 0 amide bonds. The van der Waals surface area contributed by atoms with Crippen LogP contribution >= 0.6 is 11.3 Å². The van der Waals surface area contributed by atoms with E-state index in [1.165, 1.54) is 10.4 Å². The summed E-state index contributed by atoms with van der Waals surface area (Å²) in [6.07, 6.45) is 2.82. The Kier molecular flexibility index (Phi) is 6.62. The highest BCUT2D eigenvalue weighted by atomic mass is 32.1. The molecule has 0 aliphatic rings. The minimum Gasteiger partial charge on any atom is -0.497 e. The molecule has 0 N–H and O–H groups in total. The van der Waals surface area contributed by atoms with E-state index < -0.39 is 0 Å². The predicted octanol–water partition coefficient (Wildman–Crippen LogP) is 6.05. The molecule has 154 valence electrons. The zero-order valence-electron chi connectivity index (χ0n) is 17.3. The van der Waals surface area contributed by atoms with E-state index in [0.717, 1.165) is 35.9 Å². The summed E-state index contributed by atoms with van der Waals surface area (Å²) in [5, 5.41) is 2.14. The molecule has 30 heavy (non-hydrogen) atoms. The number of methoxy groups -OCH3 is 1. The van der Waals surface area contributed by atoms with Gasteiger partial charge >= 0.3 is 0 Å². The molecule has 0 fully saturated rings. The molecular weight excluding hydrogens is 392 g/mol. The fourth-order valence-corrected chi connectivity index (χ4v) is 4.30. The highest BCUT2D eigenvalue weighted by Gasteiger charge is 2.19. The zero-order valence-corrected chi connectivity index (χ0v) is 18.1. The lowest BCUT2D eigenvalue weighted by Crippen LogP contribution is -2.33. The fourth-order valence-electron chi connectivity index (χ4n) is 3.47. The van der Waals surface area contributed by atoms with Crippen LogP contribution in [0.4, 0.5) is 0 Å². The van der Waals surface area contributed by atoms with Gasteiger partial charge in [0.2, 0.25) is 5.89 Å². The first-order chi connectivity index (χ1) is 14.7. The van der Waals surface area contributed by atoms with Crippen molar-refractivity contribution in [1.29, 1.82) is 0 Å². The van der Waals surface area contributed by atoms with Crippen LogP contribution in [-0.2, 0) is 19.5 Å². The molecule has 4 aromatic rings. The molecule has 0 radical (unpaired) electrons. The third-order valence-corrected chi connectivity index (χ3v) is 6.09. The number of rotatable bonds is 9. The number of nitrogens with zero attached hydrogens (tertiary/aromatic N) is 2. The number of hydrogen-bond acceptors (Lipinski definition) is 5. The van der Waals surface area contributed by atoms with Crippen LogP contribution in [0.5, 0.6) is 5.75 Å². The summed E-state index contributed by atoms with van der Waals surface area (Å²) in [4.78, 5) is 8.36. The molecular formula is C25H26N2O2S. The average molecular weight is 419 g/mol. The summed E-state index contributed by atoms with van der Waals surface area (Å²) in [6, 6.07) is 23.0. The Bertz CT molecular complexity index is 1030. The number of hydrogen-bond donors (Lipinski definition) is 0. The molecule has 0 saturated heterocycles. The number of oxazole rings is 1. The molecule has 2 aromatic heterocycles. The minimum absolute atomic E-state index is 0.345. The van der Waals surface area contributed by atoms with Gasteiger partial charge in [0.15, 0.2) is 5.76 Å². The van der Waals surface area contributed by atoms with Gasteiger partial charge in [-0.3, -0.25) is 4.90 Å². The van der Waals surface area contributed by atoms with Crippen molar-refractivity contribution in [2.45, 2.75) is 32.5 Å². The van der Waals surface area contributed by atoms with Crippen molar-refractivity contribution in [3.8, 4) is 17.1 Å². The second-order valence-corrected chi connectivity index (χ2v) is 8.40. The summed E-state index contributed by atoms with van der Waals surface area (Å²) < 4.78 is 11.4. The van der Waals surface area contributed by atoms with Crippen LogP contribution in [0.3, 0.4) is 0 Å². The van der Waals surface area contributed by atoms with Gasteiger partial charge in [0.25, 0.3) is 0 Å². The number of aromatic nitrogens is 1. The van der Waals surface area contributed by atoms with Gasteiger partial charge in [-0.1, -0.05) is 48.5 Å². The maximum absolute atomic E-state index is 6.09. The van der Waals surface area contributed by atoms with E-state index in [0.29, 0.717) is 12.6 Å². The molecule has 1 unspecified atom stereocenters. The van der Waals surface area contributed by atoms with E-state index in [1.54, 1.807) is 18.4 Å².